The molecule has 0 aliphatic carbocycles. The summed E-state index contributed by atoms with van der Waals surface area (Å²) in [6, 6.07) is 10.9. The third kappa shape index (κ3) is 3.43. The first-order valence-corrected chi connectivity index (χ1v) is 10.2. The Morgan fingerprint density at radius 1 is 1.10 bits per heavy atom. The lowest BCUT2D eigenvalue weighted by atomic mass is 9.81. The largest absolute Gasteiger partial charge is 0.508 e. The van der Waals surface area contributed by atoms with Crippen LogP contribution in [0, 0.1) is 19.8 Å². The minimum Gasteiger partial charge on any atom is -0.508 e. The molecule has 2 aromatic rings. The first-order chi connectivity index (χ1) is 14.5. The molecule has 160 valence electrons. The van der Waals surface area contributed by atoms with Gasteiger partial charge in [-0.3, -0.25) is 4.79 Å². The van der Waals surface area contributed by atoms with Crippen LogP contribution in [0.4, 0.5) is 0 Å². The van der Waals surface area contributed by atoms with Crippen molar-refractivity contribution < 1.29 is 19.4 Å². The van der Waals surface area contributed by atoms with Crippen LogP contribution in [0.5, 0.6) is 11.5 Å². The Bertz CT molecular complexity index is 925. The number of ether oxygens (including phenoxy) is 2. The number of aromatic hydroxyl groups is 1. The summed E-state index contributed by atoms with van der Waals surface area (Å²) in [7, 11) is 3.28. The summed E-state index contributed by atoms with van der Waals surface area (Å²) >= 11 is 0. The molecule has 2 fully saturated rings. The number of phenolic OH excluding ortho intramolecular Hbond substituents is 1. The zero-order valence-corrected chi connectivity index (χ0v) is 17.8. The average molecular weight is 412 g/mol. The maximum absolute atomic E-state index is 13.3. The zero-order valence-electron chi connectivity index (χ0n) is 17.8. The number of methoxy groups -OCH3 is 2. The van der Waals surface area contributed by atoms with E-state index in [1.165, 1.54) is 0 Å². The molecule has 1 amide bonds. The molecule has 0 bridgehead atoms. The van der Waals surface area contributed by atoms with E-state index in [2.05, 4.69) is 16.9 Å². The van der Waals surface area contributed by atoms with Gasteiger partial charge in [-0.15, -0.1) is 0 Å². The molecular weight excluding hydrogens is 382 g/mol. The van der Waals surface area contributed by atoms with Gasteiger partial charge in [-0.1, -0.05) is 18.2 Å². The molecule has 2 aromatic carbocycles. The van der Waals surface area contributed by atoms with Crippen LogP contribution in [0.1, 0.15) is 34.3 Å². The summed E-state index contributed by atoms with van der Waals surface area (Å²) in [5, 5.41) is 10.8. The van der Waals surface area contributed by atoms with Crippen molar-refractivity contribution in [3.05, 3.63) is 58.7 Å². The lowest BCUT2D eigenvalue weighted by Gasteiger charge is -2.32. The van der Waals surface area contributed by atoms with Gasteiger partial charge in [0.1, 0.15) is 17.5 Å². The van der Waals surface area contributed by atoms with Crippen LogP contribution in [0.25, 0.3) is 0 Å². The fourth-order valence-corrected chi connectivity index (χ4v) is 4.97. The van der Waals surface area contributed by atoms with E-state index in [0.29, 0.717) is 13.2 Å². The van der Waals surface area contributed by atoms with Crippen LogP contribution < -0.4 is 15.6 Å². The fraction of sp³-hybridized carbons (Fsp3) is 0.435. The first-order valence-electron chi connectivity index (χ1n) is 10.2. The molecule has 0 radical (unpaired) electrons. The number of aryl methyl sites for hydroxylation is 2. The average Bonchev–Trinajstić information content (AvgIpc) is 3.25. The van der Waals surface area contributed by atoms with Crippen molar-refractivity contribution >= 4 is 5.91 Å². The number of nitrogens with zero attached hydrogens (tertiary/aromatic N) is 1. The minimum absolute atomic E-state index is 0.0316. The maximum atomic E-state index is 13.3. The van der Waals surface area contributed by atoms with Gasteiger partial charge in [-0.05, 0) is 48.7 Å². The predicted octanol–water partition coefficient (Wildman–Crippen LogP) is 2.38. The van der Waals surface area contributed by atoms with Gasteiger partial charge >= 0.3 is 0 Å². The molecule has 2 aliphatic rings. The van der Waals surface area contributed by atoms with Crippen LogP contribution in [0.15, 0.2) is 36.4 Å². The van der Waals surface area contributed by atoms with Crippen molar-refractivity contribution in [2.24, 2.45) is 5.92 Å². The molecule has 30 heavy (non-hydrogen) atoms. The van der Waals surface area contributed by atoms with Crippen LogP contribution in [0.3, 0.4) is 0 Å². The molecule has 0 spiro atoms. The second-order valence-electron chi connectivity index (χ2n) is 8.08. The number of hydrogen-bond acceptors (Lipinski definition) is 6. The van der Waals surface area contributed by atoms with Crippen molar-refractivity contribution in [3.8, 4) is 11.5 Å². The molecule has 4 atom stereocenters. The van der Waals surface area contributed by atoms with E-state index in [4.69, 9.17) is 9.47 Å². The third-order valence-electron chi connectivity index (χ3n) is 6.21. The lowest BCUT2D eigenvalue weighted by molar-refractivity contribution is -0.131. The monoisotopic (exact) mass is 411 g/mol. The van der Waals surface area contributed by atoms with E-state index in [0.717, 1.165) is 28.0 Å². The van der Waals surface area contributed by atoms with Gasteiger partial charge in [0.2, 0.25) is 5.91 Å². The second-order valence-corrected chi connectivity index (χ2v) is 8.08. The minimum atomic E-state index is -0.386. The van der Waals surface area contributed by atoms with Crippen molar-refractivity contribution in [3.63, 3.8) is 0 Å². The lowest BCUT2D eigenvalue weighted by Crippen LogP contribution is -2.42. The van der Waals surface area contributed by atoms with Crippen LogP contribution in [-0.4, -0.2) is 49.3 Å². The predicted molar refractivity (Wildman–Crippen MR) is 113 cm³/mol. The highest BCUT2D eigenvalue weighted by atomic mass is 16.5. The van der Waals surface area contributed by atoms with Crippen LogP contribution >= 0.6 is 0 Å². The first kappa shape index (κ1) is 20.7. The molecule has 4 unspecified atom stereocenters. The summed E-state index contributed by atoms with van der Waals surface area (Å²) in [6.07, 6.45) is 0. The molecule has 2 saturated heterocycles. The molecule has 2 heterocycles. The highest BCUT2D eigenvalue weighted by molar-refractivity contribution is 5.86. The molecule has 4 rings (SSSR count). The molecular formula is C23H29N3O4. The Morgan fingerprint density at radius 3 is 2.57 bits per heavy atom. The number of benzene rings is 2. The summed E-state index contributed by atoms with van der Waals surface area (Å²) in [5.41, 5.74) is 10.3. The maximum Gasteiger partial charge on any atom is 0.242 e. The van der Waals surface area contributed by atoms with Crippen molar-refractivity contribution in [2.75, 3.05) is 27.4 Å². The van der Waals surface area contributed by atoms with Gasteiger partial charge < -0.3 is 19.5 Å². The Balaban J connectivity index is 1.80. The number of carbonyl (C=O) groups excluding carboxylic acids is 1. The smallest absolute Gasteiger partial charge is 0.242 e. The van der Waals surface area contributed by atoms with Crippen LogP contribution in [0.2, 0.25) is 0 Å². The zero-order chi connectivity index (χ0) is 21.4. The Kier molecular flexibility index (Phi) is 5.69. The van der Waals surface area contributed by atoms with Gasteiger partial charge in [0.05, 0.1) is 25.8 Å². The van der Waals surface area contributed by atoms with Crippen molar-refractivity contribution in [1.29, 1.82) is 0 Å². The van der Waals surface area contributed by atoms with Crippen molar-refractivity contribution in [1.82, 2.24) is 15.8 Å². The summed E-state index contributed by atoms with van der Waals surface area (Å²) in [6.45, 7) is 4.91. The number of phenols is 1. The molecule has 3 N–H and O–H groups in total. The number of fused-ring (bicyclic) bond motifs is 1. The van der Waals surface area contributed by atoms with Gasteiger partial charge in [-0.2, -0.15) is 0 Å². The number of likely N-dealkylation sites (tertiary alicyclic amines) is 1. The van der Waals surface area contributed by atoms with E-state index in [9.17, 15) is 9.90 Å². The quantitative estimate of drug-likeness (QED) is 0.677. The number of amides is 1. The summed E-state index contributed by atoms with van der Waals surface area (Å²) in [4.78, 5) is 15.2. The second kappa shape index (κ2) is 8.26. The molecule has 7 nitrogen and oxygen atoms in total. The molecule has 7 heteroatoms. The van der Waals surface area contributed by atoms with E-state index >= 15 is 0 Å². The van der Waals surface area contributed by atoms with E-state index < -0.39 is 0 Å². The number of nitrogens with one attached hydrogen (secondary N) is 2. The number of rotatable bonds is 6. The number of hydrogen-bond donors (Lipinski definition) is 3. The van der Waals surface area contributed by atoms with Gasteiger partial charge in [-0.25, -0.2) is 10.9 Å². The highest BCUT2D eigenvalue weighted by Gasteiger charge is 2.56. The third-order valence-corrected chi connectivity index (χ3v) is 6.21. The number of carbonyl (C=O) groups is 1. The van der Waals surface area contributed by atoms with E-state index in [-0.39, 0.29) is 35.7 Å². The van der Waals surface area contributed by atoms with Gasteiger partial charge in [0.25, 0.3) is 0 Å². The van der Waals surface area contributed by atoms with E-state index in [1.54, 1.807) is 20.3 Å². The standard InChI is InChI=1S/C23H29N3O4/c1-13-10-14(2)18(17(27)11-13)20-19-21(25-24-20)23(28)26(8-9-29-3)22(19)15-6-5-7-16(12-15)30-4/h5-7,10-12,19-22,24-25,27H,8-9H2,1-4H3. The Morgan fingerprint density at radius 2 is 1.87 bits per heavy atom. The van der Waals surface area contributed by atoms with Gasteiger partial charge in [0, 0.05) is 25.1 Å². The highest BCUT2D eigenvalue weighted by Crippen LogP contribution is 2.49. The summed E-state index contributed by atoms with van der Waals surface area (Å²) in [5.74, 6) is 0.928. The fourth-order valence-electron chi connectivity index (χ4n) is 4.97. The van der Waals surface area contributed by atoms with Crippen molar-refractivity contribution in [2.45, 2.75) is 32.0 Å². The Labute approximate surface area is 177 Å². The molecule has 0 saturated carbocycles. The normalized spacial score (nSPS) is 25.6. The summed E-state index contributed by atoms with van der Waals surface area (Å²) < 4.78 is 10.7. The van der Waals surface area contributed by atoms with E-state index in [1.807, 2.05) is 43.0 Å². The Hall–Kier alpha value is -2.61. The topological polar surface area (TPSA) is 83.1 Å². The van der Waals surface area contributed by atoms with Crippen LogP contribution in [-0.2, 0) is 9.53 Å². The number of hydrazine groups is 1. The SMILES string of the molecule is COCCN1C(=O)C2NNC(c3c(C)cc(C)cc3O)C2C1c1cccc(OC)c1. The molecule has 0 aromatic heterocycles. The molecule has 2 aliphatic heterocycles. The van der Waals surface area contributed by atoms with Gasteiger partial charge in [0.15, 0.2) is 0 Å².